The number of benzene rings is 2. The van der Waals surface area contributed by atoms with Gasteiger partial charge in [-0.3, -0.25) is 4.98 Å². The first kappa shape index (κ1) is 19.1. The molecule has 0 saturated heterocycles. The molecule has 1 N–H and O–H groups in total. The molecule has 4 rings (SSSR count). The molecule has 1 aliphatic heterocycles. The lowest BCUT2D eigenvalue weighted by Gasteiger charge is -2.10. The van der Waals surface area contributed by atoms with Crippen LogP contribution in [0.25, 0.3) is 11.3 Å². The van der Waals surface area contributed by atoms with Crippen LogP contribution in [0.4, 0.5) is 0 Å². The summed E-state index contributed by atoms with van der Waals surface area (Å²) in [6.45, 7) is 1.90. The van der Waals surface area contributed by atoms with E-state index in [0.29, 0.717) is 10.7 Å². The highest BCUT2D eigenvalue weighted by Gasteiger charge is 2.17. The van der Waals surface area contributed by atoms with Gasteiger partial charge >= 0.3 is 0 Å². The molecule has 0 bridgehead atoms. The number of fused-ring (bicyclic) bond motifs is 1. The van der Waals surface area contributed by atoms with E-state index >= 15 is 0 Å². The van der Waals surface area contributed by atoms with Crippen molar-refractivity contribution in [2.24, 2.45) is 0 Å². The van der Waals surface area contributed by atoms with E-state index in [2.05, 4.69) is 16.4 Å². The van der Waals surface area contributed by atoms with E-state index in [4.69, 9.17) is 11.6 Å². The lowest BCUT2D eigenvalue weighted by Crippen LogP contribution is -2.16. The molecule has 0 unspecified atom stereocenters. The second kappa shape index (κ2) is 8.03. The molecule has 2 heterocycles. The van der Waals surface area contributed by atoms with Crippen LogP contribution in [0.3, 0.4) is 0 Å². The Bertz CT molecular complexity index is 1080. The largest absolute Gasteiger partial charge is 0.316 e. The van der Waals surface area contributed by atoms with Crippen LogP contribution in [0.1, 0.15) is 16.7 Å². The first-order valence-corrected chi connectivity index (χ1v) is 11.3. The Morgan fingerprint density at radius 2 is 1.68 bits per heavy atom. The number of nitrogens with one attached hydrogen (secondary N) is 1. The van der Waals surface area contributed by atoms with Gasteiger partial charge in [-0.2, -0.15) is 0 Å². The fraction of sp³-hybridized carbons (Fsp3) is 0.227. The van der Waals surface area contributed by atoms with Crippen molar-refractivity contribution in [2.45, 2.75) is 23.5 Å². The average molecular weight is 413 g/mol. The third-order valence-electron chi connectivity index (χ3n) is 5.01. The number of pyridine rings is 1. The zero-order chi connectivity index (χ0) is 19.6. The summed E-state index contributed by atoms with van der Waals surface area (Å²) < 4.78 is 25.7. The molecular weight excluding hydrogens is 392 g/mol. The summed E-state index contributed by atoms with van der Waals surface area (Å²) in [5, 5.41) is 4.03. The molecule has 6 heteroatoms. The second-order valence-electron chi connectivity index (χ2n) is 7.00. The standard InChI is InChI=1S/C22H21ClN2O2S/c23-20-5-3-18(4-6-20)22-8-7-21(14-25-22)28(26,27)15-16-1-2-17-9-11-24-12-10-19(17)13-16/h1-8,13-14,24H,9-12,15H2. The highest BCUT2D eigenvalue weighted by atomic mass is 35.5. The molecule has 3 aromatic rings. The second-order valence-corrected chi connectivity index (χ2v) is 9.42. The highest BCUT2D eigenvalue weighted by molar-refractivity contribution is 7.90. The van der Waals surface area contributed by atoms with Crippen LogP contribution in [0.15, 0.2) is 65.7 Å². The number of aromatic nitrogens is 1. The molecule has 144 valence electrons. The highest BCUT2D eigenvalue weighted by Crippen LogP contribution is 2.23. The number of rotatable bonds is 4. The van der Waals surface area contributed by atoms with E-state index in [0.717, 1.165) is 37.1 Å². The van der Waals surface area contributed by atoms with Gasteiger partial charge in [-0.1, -0.05) is 41.9 Å². The van der Waals surface area contributed by atoms with Gasteiger partial charge in [0.05, 0.1) is 16.3 Å². The Labute approximate surface area is 170 Å². The minimum absolute atomic E-state index is 0.0182. The smallest absolute Gasteiger partial charge is 0.184 e. The van der Waals surface area contributed by atoms with Gasteiger partial charge in [0.2, 0.25) is 0 Å². The molecular formula is C22H21ClN2O2S. The van der Waals surface area contributed by atoms with Crippen molar-refractivity contribution in [2.75, 3.05) is 13.1 Å². The summed E-state index contributed by atoms with van der Waals surface area (Å²) in [7, 11) is -3.45. The Morgan fingerprint density at radius 1 is 0.929 bits per heavy atom. The molecule has 1 aliphatic rings. The molecule has 4 nitrogen and oxygen atoms in total. The molecule has 0 amide bonds. The van der Waals surface area contributed by atoms with Crippen LogP contribution in [-0.4, -0.2) is 26.5 Å². The zero-order valence-corrected chi connectivity index (χ0v) is 16.9. The molecule has 0 atom stereocenters. The zero-order valence-electron chi connectivity index (χ0n) is 15.4. The lowest BCUT2D eigenvalue weighted by atomic mass is 10.0. The Morgan fingerprint density at radius 3 is 2.39 bits per heavy atom. The molecule has 2 aromatic carbocycles. The van der Waals surface area contributed by atoms with Crippen LogP contribution in [0, 0.1) is 0 Å². The van der Waals surface area contributed by atoms with Crippen LogP contribution in [0.5, 0.6) is 0 Å². The molecule has 0 saturated carbocycles. The minimum atomic E-state index is -3.45. The Balaban J connectivity index is 1.55. The van der Waals surface area contributed by atoms with Gasteiger partial charge < -0.3 is 5.32 Å². The average Bonchev–Trinajstić information content (AvgIpc) is 2.93. The number of hydrogen-bond acceptors (Lipinski definition) is 4. The molecule has 0 aliphatic carbocycles. The minimum Gasteiger partial charge on any atom is -0.316 e. The molecule has 0 spiro atoms. The van der Waals surface area contributed by atoms with Crippen molar-refractivity contribution in [3.63, 3.8) is 0 Å². The van der Waals surface area contributed by atoms with Crippen molar-refractivity contribution >= 4 is 21.4 Å². The van der Waals surface area contributed by atoms with Gasteiger partial charge in [-0.15, -0.1) is 0 Å². The maximum atomic E-state index is 12.9. The van der Waals surface area contributed by atoms with Gasteiger partial charge in [0.1, 0.15) is 0 Å². The van der Waals surface area contributed by atoms with Crippen LogP contribution in [0.2, 0.25) is 5.02 Å². The van der Waals surface area contributed by atoms with E-state index < -0.39 is 9.84 Å². The van der Waals surface area contributed by atoms with Crippen molar-refractivity contribution in [1.82, 2.24) is 10.3 Å². The molecule has 28 heavy (non-hydrogen) atoms. The number of hydrogen-bond donors (Lipinski definition) is 1. The third kappa shape index (κ3) is 4.27. The quantitative estimate of drug-likeness (QED) is 0.701. The molecule has 0 radical (unpaired) electrons. The Kier molecular flexibility index (Phi) is 5.49. The van der Waals surface area contributed by atoms with Gasteiger partial charge in [0.25, 0.3) is 0 Å². The van der Waals surface area contributed by atoms with Crippen molar-refractivity contribution in [3.05, 3.63) is 82.5 Å². The first-order valence-electron chi connectivity index (χ1n) is 9.27. The van der Waals surface area contributed by atoms with Gasteiger partial charge in [-0.25, -0.2) is 8.42 Å². The molecule has 1 aromatic heterocycles. The topological polar surface area (TPSA) is 59.1 Å². The van der Waals surface area contributed by atoms with Gasteiger partial charge in [0.15, 0.2) is 9.84 Å². The predicted molar refractivity (Wildman–Crippen MR) is 112 cm³/mol. The summed E-state index contributed by atoms with van der Waals surface area (Å²) >= 11 is 5.91. The van der Waals surface area contributed by atoms with E-state index in [1.807, 2.05) is 24.3 Å². The Hall–Kier alpha value is -2.21. The number of halogens is 1. The number of nitrogens with zero attached hydrogens (tertiary/aromatic N) is 1. The molecule has 0 fully saturated rings. The van der Waals surface area contributed by atoms with E-state index in [-0.39, 0.29) is 10.6 Å². The predicted octanol–water partition coefficient (Wildman–Crippen LogP) is 4.06. The monoisotopic (exact) mass is 412 g/mol. The number of sulfone groups is 1. The summed E-state index contributed by atoms with van der Waals surface area (Å²) in [5.74, 6) is -0.0182. The van der Waals surface area contributed by atoms with Gasteiger partial charge in [-0.05, 0) is 66.9 Å². The van der Waals surface area contributed by atoms with Gasteiger partial charge in [0, 0.05) is 16.8 Å². The summed E-state index contributed by atoms with van der Waals surface area (Å²) in [6, 6.07) is 16.7. The van der Waals surface area contributed by atoms with Crippen molar-refractivity contribution in [3.8, 4) is 11.3 Å². The van der Waals surface area contributed by atoms with Crippen molar-refractivity contribution in [1.29, 1.82) is 0 Å². The fourth-order valence-electron chi connectivity index (χ4n) is 3.48. The van der Waals surface area contributed by atoms with E-state index in [9.17, 15) is 8.42 Å². The summed E-state index contributed by atoms with van der Waals surface area (Å²) in [4.78, 5) is 4.58. The van der Waals surface area contributed by atoms with E-state index in [1.165, 1.54) is 17.3 Å². The summed E-state index contributed by atoms with van der Waals surface area (Å²) in [6.07, 6.45) is 3.35. The first-order chi connectivity index (χ1) is 13.5. The van der Waals surface area contributed by atoms with Crippen LogP contribution in [-0.2, 0) is 28.4 Å². The maximum absolute atomic E-state index is 12.9. The normalized spacial score (nSPS) is 14.3. The maximum Gasteiger partial charge on any atom is 0.184 e. The SMILES string of the molecule is O=S(=O)(Cc1ccc2c(c1)CCNCC2)c1ccc(-c2ccc(Cl)cc2)nc1. The van der Waals surface area contributed by atoms with Crippen LogP contribution >= 0.6 is 11.6 Å². The van der Waals surface area contributed by atoms with Crippen LogP contribution < -0.4 is 5.32 Å². The third-order valence-corrected chi connectivity index (χ3v) is 6.93. The van der Waals surface area contributed by atoms with E-state index in [1.54, 1.807) is 24.3 Å². The fourth-order valence-corrected chi connectivity index (χ4v) is 4.87. The van der Waals surface area contributed by atoms with Crippen molar-refractivity contribution < 1.29 is 8.42 Å². The summed E-state index contributed by atoms with van der Waals surface area (Å²) in [5.41, 5.74) is 4.98. The lowest BCUT2D eigenvalue weighted by molar-refractivity contribution is 0.595.